The van der Waals surface area contributed by atoms with Gasteiger partial charge in [0, 0.05) is 6.07 Å². The Balaban J connectivity index is 2.21. The third-order valence-corrected chi connectivity index (χ3v) is 3.03. The summed E-state index contributed by atoms with van der Waals surface area (Å²) in [5.41, 5.74) is 4.45. The van der Waals surface area contributed by atoms with Crippen molar-refractivity contribution in [3.05, 3.63) is 65.7 Å². The number of aliphatic carboxylic acids is 1. The lowest BCUT2D eigenvalue weighted by molar-refractivity contribution is -0.145. The summed E-state index contributed by atoms with van der Waals surface area (Å²) in [6.07, 6.45) is 0. The molecule has 0 bridgehead atoms. The van der Waals surface area contributed by atoms with Gasteiger partial charge in [0.1, 0.15) is 12.4 Å². The zero-order chi connectivity index (χ0) is 15.5. The molecule has 0 aliphatic rings. The van der Waals surface area contributed by atoms with Gasteiger partial charge in [-0.3, -0.25) is 0 Å². The van der Waals surface area contributed by atoms with Crippen LogP contribution in [-0.2, 0) is 10.3 Å². The van der Waals surface area contributed by atoms with Gasteiger partial charge in [-0.25, -0.2) is 13.6 Å². The molecule has 110 valence electrons. The Hall–Kier alpha value is -2.47. The maximum atomic E-state index is 13.1. The highest BCUT2D eigenvalue weighted by atomic mass is 19.2. The van der Waals surface area contributed by atoms with Gasteiger partial charge in [0.05, 0.1) is 0 Å². The van der Waals surface area contributed by atoms with Crippen molar-refractivity contribution < 1.29 is 23.4 Å². The summed E-state index contributed by atoms with van der Waals surface area (Å²) in [5, 5.41) is 9.32. The third kappa shape index (κ3) is 3.17. The molecule has 3 N–H and O–H groups in total. The molecule has 0 saturated heterocycles. The summed E-state index contributed by atoms with van der Waals surface area (Å²) >= 11 is 0. The molecule has 2 rings (SSSR count). The van der Waals surface area contributed by atoms with Crippen LogP contribution in [-0.4, -0.2) is 17.7 Å². The van der Waals surface area contributed by atoms with E-state index < -0.39 is 29.7 Å². The van der Waals surface area contributed by atoms with Crippen LogP contribution in [0.2, 0.25) is 0 Å². The first kappa shape index (κ1) is 14.9. The lowest BCUT2D eigenvalue weighted by Crippen LogP contribution is -2.49. The number of hydrogen-bond acceptors (Lipinski definition) is 3. The van der Waals surface area contributed by atoms with Gasteiger partial charge in [0.2, 0.25) is 0 Å². The molecule has 1 unspecified atom stereocenters. The van der Waals surface area contributed by atoms with E-state index in [1.54, 1.807) is 30.3 Å². The predicted octanol–water partition coefficient (Wildman–Crippen LogP) is 2.28. The average Bonchev–Trinajstić information content (AvgIpc) is 2.49. The summed E-state index contributed by atoms with van der Waals surface area (Å²) in [4.78, 5) is 11.4. The minimum absolute atomic E-state index is 0.000839. The minimum atomic E-state index is -1.79. The summed E-state index contributed by atoms with van der Waals surface area (Å²) < 4.78 is 31.1. The van der Waals surface area contributed by atoms with Crippen molar-refractivity contribution in [1.82, 2.24) is 0 Å². The van der Waals surface area contributed by atoms with Crippen molar-refractivity contribution >= 4 is 5.97 Å². The fraction of sp³-hybridized carbons (Fsp3) is 0.133. The van der Waals surface area contributed by atoms with Crippen molar-refractivity contribution in [3.63, 3.8) is 0 Å². The van der Waals surface area contributed by atoms with Gasteiger partial charge in [-0.2, -0.15) is 0 Å². The predicted molar refractivity (Wildman–Crippen MR) is 71.8 cm³/mol. The Bertz CT molecular complexity index is 649. The minimum Gasteiger partial charge on any atom is -0.491 e. The first-order valence-corrected chi connectivity index (χ1v) is 6.09. The molecule has 1 atom stereocenters. The molecule has 2 aromatic rings. The van der Waals surface area contributed by atoms with Crippen LogP contribution in [0.1, 0.15) is 5.56 Å². The molecular formula is C15H13F2NO3. The zero-order valence-electron chi connectivity index (χ0n) is 10.9. The quantitative estimate of drug-likeness (QED) is 0.887. The fourth-order valence-corrected chi connectivity index (χ4v) is 1.77. The molecular weight excluding hydrogens is 280 g/mol. The van der Waals surface area contributed by atoms with E-state index in [1.807, 2.05) is 0 Å². The van der Waals surface area contributed by atoms with E-state index in [4.69, 9.17) is 10.5 Å². The maximum absolute atomic E-state index is 13.1. The van der Waals surface area contributed by atoms with E-state index in [0.29, 0.717) is 5.56 Å². The Morgan fingerprint density at radius 3 is 2.38 bits per heavy atom. The highest BCUT2D eigenvalue weighted by Crippen LogP contribution is 2.22. The molecule has 0 aliphatic heterocycles. The molecule has 0 aliphatic carbocycles. The molecule has 0 radical (unpaired) electrons. The number of carbonyl (C=O) groups is 1. The van der Waals surface area contributed by atoms with Gasteiger partial charge in [-0.15, -0.1) is 0 Å². The largest absolute Gasteiger partial charge is 0.491 e. The van der Waals surface area contributed by atoms with Crippen molar-refractivity contribution in [3.8, 4) is 5.75 Å². The van der Waals surface area contributed by atoms with E-state index in [9.17, 15) is 18.7 Å². The molecule has 6 heteroatoms. The summed E-state index contributed by atoms with van der Waals surface area (Å²) in [6, 6.07) is 11.1. The van der Waals surface area contributed by atoms with Crippen LogP contribution in [0.3, 0.4) is 0 Å². The third-order valence-electron chi connectivity index (χ3n) is 3.03. The molecule has 0 saturated carbocycles. The molecule has 2 aromatic carbocycles. The van der Waals surface area contributed by atoms with Gasteiger partial charge in [0.25, 0.3) is 0 Å². The Morgan fingerprint density at radius 2 is 1.81 bits per heavy atom. The average molecular weight is 293 g/mol. The van der Waals surface area contributed by atoms with Crippen LogP contribution in [0, 0.1) is 11.6 Å². The second-order valence-corrected chi connectivity index (χ2v) is 4.51. The van der Waals surface area contributed by atoms with E-state index in [-0.39, 0.29) is 5.75 Å². The molecule has 21 heavy (non-hydrogen) atoms. The molecule has 4 nitrogen and oxygen atoms in total. The van der Waals surface area contributed by atoms with E-state index in [1.165, 1.54) is 6.07 Å². The number of rotatable bonds is 5. The second kappa shape index (κ2) is 5.88. The number of hydrogen-bond donors (Lipinski definition) is 2. The fourth-order valence-electron chi connectivity index (χ4n) is 1.77. The molecule has 0 amide bonds. The molecule has 0 fully saturated rings. The van der Waals surface area contributed by atoms with Crippen LogP contribution in [0.5, 0.6) is 5.75 Å². The van der Waals surface area contributed by atoms with Gasteiger partial charge >= 0.3 is 5.97 Å². The van der Waals surface area contributed by atoms with Crippen molar-refractivity contribution in [2.75, 3.05) is 6.61 Å². The SMILES string of the molecule is NC(COc1ccc(F)c(F)c1)(C(=O)O)c1ccccc1. The van der Waals surface area contributed by atoms with Crippen LogP contribution in [0.4, 0.5) is 8.78 Å². The Kier molecular flexibility index (Phi) is 4.18. The number of halogens is 2. The van der Waals surface area contributed by atoms with E-state index in [0.717, 1.165) is 12.1 Å². The molecule has 0 spiro atoms. The number of benzene rings is 2. The van der Waals surface area contributed by atoms with Gasteiger partial charge < -0.3 is 15.6 Å². The lowest BCUT2D eigenvalue weighted by atomic mass is 9.92. The topological polar surface area (TPSA) is 72.5 Å². The lowest BCUT2D eigenvalue weighted by Gasteiger charge is -2.25. The Labute approximate surface area is 119 Å². The second-order valence-electron chi connectivity index (χ2n) is 4.51. The Morgan fingerprint density at radius 1 is 1.14 bits per heavy atom. The van der Waals surface area contributed by atoms with Crippen molar-refractivity contribution in [2.45, 2.75) is 5.54 Å². The zero-order valence-corrected chi connectivity index (χ0v) is 10.9. The first-order chi connectivity index (χ1) is 9.93. The summed E-state index contributed by atoms with van der Waals surface area (Å²) in [5.74, 6) is -3.37. The van der Waals surface area contributed by atoms with Crippen molar-refractivity contribution in [2.24, 2.45) is 5.73 Å². The smallest absolute Gasteiger partial charge is 0.331 e. The highest BCUT2D eigenvalue weighted by molar-refractivity contribution is 5.80. The number of nitrogens with two attached hydrogens (primary N) is 1. The standard InChI is InChI=1S/C15H13F2NO3/c16-12-7-6-11(8-13(12)17)21-9-15(18,14(19)20)10-4-2-1-3-5-10/h1-8H,9,18H2,(H,19,20). The molecule has 0 aromatic heterocycles. The van der Waals surface area contributed by atoms with Gasteiger partial charge in [-0.05, 0) is 17.7 Å². The number of ether oxygens (including phenoxy) is 1. The normalized spacial score (nSPS) is 13.5. The number of carboxylic acids is 1. The first-order valence-electron chi connectivity index (χ1n) is 6.09. The van der Waals surface area contributed by atoms with Crippen LogP contribution >= 0.6 is 0 Å². The number of carboxylic acid groups (broad SMARTS) is 1. The monoisotopic (exact) mass is 293 g/mol. The maximum Gasteiger partial charge on any atom is 0.331 e. The van der Waals surface area contributed by atoms with E-state index >= 15 is 0 Å². The highest BCUT2D eigenvalue weighted by Gasteiger charge is 2.37. The van der Waals surface area contributed by atoms with Gasteiger partial charge in [0.15, 0.2) is 17.2 Å². The summed E-state index contributed by atoms with van der Waals surface area (Å²) in [7, 11) is 0. The van der Waals surface area contributed by atoms with Crippen LogP contribution < -0.4 is 10.5 Å². The van der Waals surface area contributed by atoms with Crippen molar-refractivity contribution in [1.29, 1.82) is 0 Å². The van der Waals surface area contributed by atoms with Gasteiger partial charge in [-0.1, -0.05) is 30.3 Å². The summed E-state index contributed by atoms with van der Waals surface area (Å²) in [6.45, 7) is -0.419. The molecule has 0 heterocycles. The van der Waals surface area contributed by atoms with E-state index in [2.05, 4.69) is 0 Å². The van der Waals surface area contributed by atoms with Crippen LogP contribution in [0.15, 0.2) is 48.5 Å². The van der Waals surface area contributed by atoms with Crippen LogP contribution in [0.25, 0.3) is 0 Å².